The summed E-state index contributed by atoms with van der Waals surface area (Å²) in [5, 5.41) is 2.33. The largest absolute Gasteiger partial charge is 0.489 e. The molecule has 0 bridgehead atoms. The van der Waals surface area contributed by atoms with Crippen LogP contribution in [0.15, 0.2) is 42.5 Å². The number of hydrogen-bond acceptors (Lipinski definition) is 4. The number of rotatable bonds is 5. The fourth-order valence-corrected chi connectivity index (χ4v) is 4.22. The van der Waals surface area contributed by atoms with Crippen LogP contribution in [0.25, 0.3) is 0 Å². The van der Waals surface area contributed by atoms with Crippen molar-refractivity contribution in [2.45, 2.75) is 59.2 Å². The van der Waals surface area contributed by atoms with E-state index in [1.54, 1.807) is 17.0 Å². The van der Waals surface area contributed by atoms with Crippen LogP contribution in [-0.2, 0) is 29.2 Å². The summed E-state index contributed by atoms with van der Waals surface area (Å²) >= 11 is 0. The molecule has 0 aliphatic carbocycles. The first-order valence-corrected chi connectivity index (χ1v) is 10.7. The first kappa shape index (κ1) is 21.1. The molecule has 0 spiro atoms. The number of hydrogen-bond donors (Lipinski definition) is 1. The van der Waals surface area contributed by atoms with E-state index in [2.05, 4.69) is 50.4 Å². The second kappa shape index (κ2) is 8.17. The molecule has 1 N–H and O–H groups in total. The zero-order chi connectivity index (χ0) is 22.2. The highest BCUT2D eigenvalue weighted by atomic mass is 16.5. The number of nitrogens with zero attached hydrogens (tertiary/aromatic N) is 1. The number of carbonyl (C=O) groups excluding carboxylic acids is 3. The van der Waals surface area contributed by atoms with Gasteiger partial charge in [-0.2, -0.15) is 0 Å². The van der Waals surface area contributed by atoms with E-state index in [4.69, 9.17) is 4.74 Å². The van der Waals surface area contributed by atoms with Crippen LogP contribution in [0.2, 0.25) is 0 Å². The van der Waals surface area contributed by atoms with E-state index < -0.39 is 11.9 Å². The van der Waals surface area contributed by atoms with Crippen molar-refractivity contribution in [1.29, 1.82) is 0 Å². The number of benzene rings is 2. The molecule has 2 aromatic rings. The average Bonchev–Trinajstić information content (AvgIpc) is 3.03. The standard InChI is InChI=1S/C25H28N2O4/c1-25(2,3)13-16-7-9-17(10-8-16)15-31-21-6-4-5-18-19(21)14-27(24(18)30)20-11-12-22(28)26-23(20)29/h4-10,20H,11-15H2,1-3H3,(H,26,28,29). The minimum Gasteiger partial charge on any atom is -0.489 e. The van der Waals surface area contributed by atoms with Gasteiger partial charge in [-0.3, -0.25) is 19.7 Å². The molecule has 2 aliphatic heterocycles. The number of fused-ring (bicyclic) bond motifs is 1. The first-order valence-electron chi connectivity index (χ1n) is 10.7. The zero-order valence-electron chi connectivity index (χ0n) is 18.2. The Balaban J connectivity index is 1.45. The SMILES string of the molecule is CC(C)(C)Cc1ccc(COc2cccc3c2CN(C2CCC(=O)NC2=O)C3=O)cc1. The molecule has 0 saturated carbocycles. The average molecular weight is 421 g/mol. The molecule has 6 nitrogen and oxygen atoms in total. The van der Waals surface area contributed by atoms with Crippen LogP contribution >= 0.6 is 0 Å². The molecule has 0 aromatic heterocycles. The van der Waals surface area contributed by atoms with Crippen molar-refractivity contribution in [3.05, 3.63) is 64.7 Å². The summed E-state index contributed by atoms with van der Waals surface area (Å²) in [5.74, 6) is -0.237. The lowest BCUT2D eigenvalue weighted by Gasteiger charge is -2.29. The summed E-state index contributed by atoms with van der Waals surface area (Å²) < 4.78 is 6.07. The Morgan fingerprint density at radius 1 is 1.03 bits per heavy atom. The third-order valence-electron chi connectivity index (χ3n) is 5.69. The highest BCUT2D eigenvalue weighted by Crippen LogP contribution is 2.34. The lowest BCUT2D eigenvalue weighted by molar-refractivity contribution is -0.136. The summed E-state index contributed by atoms with van der Waals surface area (Å²) in [4.78, 5) is 38.1. The minimum absolute atomic E-state index is 0.193. The molecule has 6 heteroatoms. The number of ether oxygens (including phenoxy) is 1. The number of piperidine rings is 1. The molecule has 3 amide bonds. The summed E-state index contributed by atoms with van der Waals surface area (Å²) in [6, 6.07) is 13.2. The van der Waals surface area contributed by atoms with Gasteiger partial charge in [-0.05, 0) is 41.5 Å². The van der Waals surface area contributed by atoms with Crippen molar-refractivity contribution in [3.63, 3.8) is 0 Å². The van der Waals surface area contributed by atoms with Crippen molar-refractivity contribution in [2.75, 3.05) is 0 Å². The number of imide groups is 1. The molecule has 4 rings (SSSR count). The fraction of sp³-hybridized carbons (Fsp3) is 0.400. The van der Waals surface area contributed by atoms with E-state index in [0.717, 1.165) is 17.5 Å². The second-order valence-electron chi connectivity index (χ2n) is 9.52. The zero-order valence-corrected chi connectivity index (χ0v) is 18.2. The molecule has 1 atom stereocenters. The van der Waals surface area contributed by atoms with Crippen molar-refractivity contribution in [3.8, 4) is 5.75 Å². The molecule has 31 heavy (non-hydrogen) atoms. The van der Waals surface area contributed by atoms with Crippen LogP contribution in [0.5, 0.6) is 5.75 Å². The Kier molecular flexibility index (Phi) is 5.56. The highest BCUT2D eigenvalue weighted by molar-refractivity contribution is 6.05. The van der Waals surface area contributed by atoms with Crippen LogP contribution < -0.4 is 10.1 Å². The maximum absolute atomic E-state index is 12.9. The van der Waals surface area contributed by atoms with E-state index in [-0.39, 0.29) is 23.7 Å². The predicted molar refractivity (Wildman–Crippen MR) is 116 cm³/mol. The minimum atomic E-state index is -0.624. The van der Waals surface area contributed by atoms with E-state index >= 15 is 0 Å². The Morgan fingerprint density at radius 2 is 1.74 bits per heavy atom. The van der Waals surface area contributed by atoms with Crippen molar-refractivity contribution < 1.29 is 19.1 Å². The molecular formula is C25H28N2O4. The van der Waals surface area contributed by atoms with Crippen LogP contribution in [0, 0.1) is 5.41 Å². The van der Waals surface area contributed by atoms with Gasteiger partial charge in [-0.25, -0.2) is 0 Å². The van der Waals surface area contributed by atoms with E-state index in [0.29, 0.717) is 30.9 Å². The van der Waals surface area contributed by atoms with Crippen molar-refractivity contribution in [2.24, 2.45) is 5.41 Å². The van der Waals surface area contributed by atoms with Gasteiger partial charge in [0.05, 0.1) is 6.54 Å². The molecule has 1 unspecified atom stereocenters. The number of nitrogens with one attached hydrogen (secondary N) is 1. The second-order valence-corrected chi connectivity index (χ2v) is 9.52. The van der Waals surface area contributed by atoms with Gasteiger partial charge < -0.3 is 9.64 Å². The normalized spacial score (nSPS) is 18.7. The maximum atomic E-state index is 12.9. The third kappa shape index (κ3) is 4.63. The lowest BCUT2D eigenvalue weighted by atomic mass is 9.88. The number of carbonyl (C=O) groups is 3. The molecule has 1 fully saturated rings. The van der Waals surface area contributed by atoms with Crippen molar-refractivity contribution in [1.82, 2.24) is 10.2 Å². The van der Waals surface area contributed by atoms with Gasteiger partial charge in [-0.15, -0.1) is 0 Å². The Bertz CT molecular complexity index is 1020. The van der Waals surface area contributed by atoms with Gasteiger partial charge in [0, 0.05) is 17.5 Å². The predicted octanol–water partition coefficient (Wildman–Crippen LogP) is 3.62. The molecule has 2 aliphatic rings. The van der Waals surface area contributed by atoms with Crippen LogP contribution in [-0.4, -0.2) is 28.7 Å². The van der Waals surface area contributed by atoms with Gasteiger partial charge in [0.25, 0.3) is 5.91 Å². The molecule has 2 heterocycles. The van der Waals surface area contributed by atoms with Crippen LogP contribution in [0.3, 0.4) is 0 Å². The fourth-order valence-electron chi connectivity index (χ4n) is 4.22. The maximum Gasteiger partial charge on any atom is 0.255 e. The summed E-state index contributed by atoms with van der Waals surface area (Å²) in [7, 11) is 0. The topological polar surface area (TPSA) is 75.7 Å². The Morgan fingerprint density at radius 3 is 2.42 bits per heavy atom. The third-order valence-corrected chi connectivity index (χ3v) is 5.69. The Labute approximate surface area is 182 Å². The quantitative estimate of drug-likeness (QED) is 0.750. The summed E-state index contributed by atoms with van der Waals surface area (Å²) in [6.45, 7) is 7.37. The first-order chi connectivity index (χ1) is 14.7. The smallest absolute Gasteiger partial charge is 0.255 e. The van der Waals surface area contributed by atoms with Gasteiger partial charge in [0.15, 0.2) is 0 Å². The molecule has 2 aromatic carbocycles. The van der Waals surface area contributed by atoms with E-state index in [1.807, 2.05) is 6.07 Å². The van der Waals surface area contributed by atoms with E-state index in [1.165, 1.54) is 5.56 Å². The van der Waals surface area contributed by atoms with Gasteiger partial charge in [-0.1, -0.05) is 51.1 Å². The van der Waals surface area contributed by atoms with E-state index in [9.17, 15) is 14.4 Å². The highest BCUT2D eigenvalue weighted by Gasteiger charge is 2.40. The monoisotopic (exact) mass is 420 g/mol. The van der Waals surface area contributed by atoms with Gasteiger partial charge >= 0.3 is 0 Å². The summed E-state index contributed by atoms with van der Waals surface area (Å²) in [5.41, 5.74) is 3.94. The molecular weight excluding hydrogens is 392 g/mol. The number of amides is 3. The lowest BCUT2D eigenvalue weighted by Crippen LogP contribution is -2.52. The molecule has 162 valence electrons. The van der Waals surface area contributed by atoms with Crippen LogP contribution in [0.4, 0.5) is 0 Å². The molecule has 1 saturated heterocycles. The van der Waals surface area contributed by atoms with Crippen LogP contribution in [0.1, 0.15) is 60.7 Å². The summed E-state index contributed by atoms with van der Waals surface area (Å²) in [6.07, 6.45) is 1.60. The molecule has 0 radical (unpaired) electrons. The van der Waals surface area contributed by atoms with Gasteiger partial charge in [0.1, 0.15) is 18.4 Å². The Hall–Kier alpha value is -3.15. The van der Waals surface area contributed by atoms with Gasteiger partial charge in [0.2, 0.25) is 11.8 Å². The van der Waals surface area contributed by atoms with Crippen molar-refractivity contribution >= 4 is 17.7 Å².